The van der Waals surface area contributed by atoms with Crippen LogP contribution in [0.25, 0.3) is 23.1 Å². The molecule has 0 bridgehead atoms. The van der Waals surface area contributed by atoms with Gasteiger partial charge in [0.1, 0.15) is 6.73 Å². The van der Waals surface area contributed by atoms with E-state index in [9.17, 15) is 4.79 Å². The molecule has 3 heterocycles. The Labute approximate surface area is 218 Å². The highest BCUT2D eigenvalue weighted by Crippen LogP contribution is 2.65. The number of nitrogens with zero attached hydrogens (tertiary/aromatic N) is 3. The van der Waals surface area contributed by atoms with Gasteiger partial charge in [-0.25, -0.2) is 4.68 Å². The maximum atomic E-state index is 13.0. The molecule has 1 amide bonds. The number of fused-ring (bicyclic) bond motifs is 3. The summed E-state index contributed by atoms with van der Waals surface area (Å²) in [6.45, 7) is 8.21. The van der Waals surface area contributed by atoms with E-state index in [0.717, 1.165) is 52.6 Å². The molecule has 4 aromatic rings. The number of rotatable bonds is 8. The molecular weight excluding hydrogens is 476 g/mol. The first-order chi connectivity index (χ1) is 17.8. The van der Waals surface area contributed by atoms with Crippen molar-refractivity contribution >= 4 is 42.7 Å². The molecule has 6 nitrogen and oxygen atoms in total. The van der Waals surface area contributed by atoms with E-state index < -0.39 is 13.5 Å². The van der Waals surface area contributed by atoms with Crippen molar-refractivity contribution in [1.82, 2.24) is 14.8 Å². The Morgan fingerprint density at radius 1 is 1.11 bits per heavy atom. The number of amides is 1. The first-order valence-corrected chi connectivity index (χ1v) is 16.6. The molecule has 1 aliphatic heterocycles. The summed E-state index contributed by atoms with van der Waals surface area (Å²) < 4.78 is 8.04. The van der Waals surface area contributed by atoms with Gasteiger partial charge >= 0.3 is 0 Å². The van der Waals surface area contributed by atoms with Gasteiger partial charge in [-0.2, -0.15) is 5.10 Å². The van der Waals surface area contributed by atoms with Gasteiger partial charge in [-0.05, 0) is 60.0 Å². The number of carbonyl (C=O) groups is 1. The number of para-hydroxylation sites is 1. The molecule has 1 fully saturated rings. The van der Waals surface area contributed by atoms with Crippen LogP contribution in [0.3, 0.4) is 0 Å². The van der Waals surface area contributed by atoms with E-state index in [1.807, 2.05) is 53.2 Å². The largest absolute Gasteiger partial charge is 0.360 e. The second-order valence-electron chi connectivity index (χ2n) is 11.3. The number of hydrogen-bond donors (Lipinski definition) is 1. The lowest BCUT2D eigenvalue weighted by molar-refractivity contribution is -0.118. The van der Waals surface area contributed by atoms with Gasteiger partial charge < -0.3 is 10.1 Å². The summed E-state index contributed by atoms with van der Waals surface area (Å²) in [5, 5.41) is 9.07. The summed E-state index contributed by atoms with van der Waals surface area (Å²) in [5.74, 6) is 0.269. The monoisotopic (exact) mass is 508 g/mol. The molecule has 2 unspecified atom stereocenters. The van der Waals surface area contributed by atoms with Crippen LogP contribution >= 0.6 is 0 Å². The van der Waals surface area contributed by atoms with Crippen LogP contribution in [-0.4, -0.2) is 35.4 Å². The van der Waals surface area contributed by atoms with Crippen molar-refractivity contribution in [3.05, 3.63) is 89.4 Å². The molecule has 1 saturated carbocycles. The molecule has 7 heteroatoms. The molecule has 2 aromatic heterocycles. The number of carbonyl (C=O) groups excluding carboxylic acids is 1. The van der Waals surface area contributed by atoms with Gasteiger partial charge in [0, 0.05) is 37.9 Å². The Balaban J connectivity index is 1.33. The molecule has 1 aliphatic carbocycles. The van der Waals surface area contributed by atoms with Gasteiger partial charge in [-0.1, -0.05) is 56.0 Å². The second-order valence-corrected chi connectivity index (χ2v) is 16.9. The number of anilines is 1. The third kappa shape index (κ3) is 4.42. The minimum absolute atomic E-state index is 0.112. The fourth-order valence-electron chi connectivity index (χ4n) is 5.37. The van der Waals surface area contributed by atoms with Crippen molar-refractivity contribution in [3.63, 3.8) is 0 Å². The molecule has 0 saturated heterocycles. The Kier molecular flexibility index (Phi) is 5.85. The van der Waals surface area contributed by atoms with Crippen molar-refractivity contribution in [3.8, 4) is 0 Å². The summed E-state index contributed by atoms with van der Waals surface area (Å²) in [5.41, 5.74) is 5.58. The highest BCUT2D eigenvalue weighted by molar-refractivity contribution is 6.76. The molecule has 0 radical (unpaired) electrons. The zero-order valence-corrected chi connectivity index (χ0v) is 22.6. The number of nitrogens with one attached hydrogen (secondary N) is 1. The minimum Gasteiger partial charge on any atom is -0.360 e. The van der Waals surface area contributed by atoms with Crippen LogP contribution in [0, 0.1) is 0 Å². The standard InChI is InChI=1S/C30H32N4O2Si/c1-37(2,3)17-16-36-20-34-28-18-21(25-19-30(25)24-9-4-5-10-27(24)32-29(30)35)11-13-23(28)26(33-34)14-12-22-8-6-7-15-31-22/h4-15,18,25H,16-17,19-20H2,1-3H3,(H,32,35)/b14-12+. The van der Waals surface area contributed by atoms with Crippen LogP contribution in [0.15, 0.2) is 66.9 Å². The minimum atomic E-state index is -1.17. The van der Waals surface area contributed by atoms with Gasteiger partial charge in [-0.15, -0.1) is 0 Å². The highest BCUT2D eigenvalue weighted by Gasteiger charge is 2.65. The smallest absolute Gasteiger partial charge is 0.235 e. The molecule has 188 valence electrons. The van der Waals surface area contributed by atoms with E-state index in [1.54, 1.807) is 6.20 Å². The van der Waals surface area contributed by atoms with Crippen LogP contribution < -0.4 is 5.32 Å². The zero-order chi connectivity index (χ0) is 25.6. The lowest BCUT2D eigenvalue weighted by atomic mass is 9.92. The predicted octanol–water partition coefficient (Wildman–Crippen LogP) is 6.29. The molecule has 1 N–H and O–H groups in total. The number of pyridine rings is 1. The van der Waals surface area contributed by atoms with Crippen molar-refractivity contribution in [2.75, 3.05) is 11.9 Å². The van der Waals surface area contributed by atoms with Gasteiger partial charge in [0.15, 0.2) is 0 Å². The van der Waals surface area contributed by atoms with E-state index in [-0.39, 0.29) is 11.8 Å². The second kappa shape index (κ2) is 9.08. The fourth-order valence-corrected chi connectivity index (χ4v) is 6.13. The van der Waals surface area contributed by atoms with E-state index in [1.165, 1.54) is 5.56 Å². The van der Waals surface area contributed by atoms with Crippen LogP contribution in [0.2, 0.25) is 25.7 Å². The SMILES string of the molecule is C[Si](C)(C)CCOCn1nc(/C=C/c2ccccn2)c2ccc(C3CC34C(=O)Nc3ccccc34)cc21. The normalized spacial score (nSPS) is 20.6. The highest BCUT2D eigenvalue weighted by atomic mass is 28.3. The summed E-state index contributed by atoms with van der Waals surface area (Å²) >= 11 is 0. The molecule has 2 atom stereocenters. The Bertz CT molecular complexity index is 1510. The maximum absolute atomic E-state index is 13.0. The molecule has 6 rings (SSSR count). The molecular formula is C30H32N4O2Si. The Morgan fingerprint density at radius 3 is 2.76 bits per heavy atom. The number of aromatic nitrogens is 3. The summed E-state index contributed by atoms with van der Waals surface area (Å²) in [6, 6.07) is 21.6. The van der Waals surface area contributed by atoms with Crippen LogP contribution in [-0.2, 0) is 21.7 Å². The van der Waals surface area contributed by atoms with Gasteiger partial charge in [0.05, 0.1) is 22.3 Å². The molecule has 1 spiro atoms. The van der Waals surface area contributed by atoms with Gasteiger partial charge in [0.2, 0.25) is 5.91 Å². The first-order valence-electron chi connectivity index (χ1n) is 12.9. The summed E-state index contributed by atoms with van der Waals surface area (Å²) in [4.78, 5) is 17.4. The van der Waals surface area contributed by atoms with Crippen molar-refractivity contribution in [2.45, 2.75) is 50.2 Å². The van der Waals surface area contributed by atoms with E-state index >= 15 is 0 Å². The van der Waals surface area contributed by atoms with Crippen molar-refractivity contribution in [1.29, 1.82) is 0 Å². The topological polar surface area (TPSA) is 69.0 Å². The van der Waals surface area contributed by atoms with Gasteiger partial charge in [-0.3, -0.25) is 9.78 Å². The zero-order valence-electron chi connectivity index (χ0n) is 21.6. The van der Waals surface area contributed by atoms with Gasteiger partial charge in [0.25, 0.3) is 0 Å². The summed E-state index contributed by atoms with van der Waals surface area (Å²) in [6.07, 6.45) is 6.62. The maximum Gasteiger partial charge on any atom is 0.235 e. The average Bonchev–Trinajstić information content (AvgIpc) is 3.46. The Hall–Kier alpha value is -3.55. The molecule has 37 heavy (non-hydrogen) atoms. The van der Waals surface area contributed by atoms with Crippen molar-refractivity contribution in [2.24, 2.45) is 0 Å². The van der Waals surface area contributed by atoms with Crippen molar-refractivity contribution < 1.29 is 9.53 Å². The molecule has 2 aliphatic rings. The fraction of sp³-hybridized carbons (Fsp3) is 0.300. The third-order valence-corrected chi connectivity index (χ3v) is 9.24. The Morgan fingerprint density at radius 2 is 1.95 bits per heavy atom. The lowest BCUT2D eigenvalue weighted by Gasteiger charge is -2.15. The molecule has 2 aromatic carbocycles. The number of hydrogen-bond acceptors (Lipinski definition) is 4. The first kappa shape index (κ1) is 23.8. The predicted molar refractivity (Wildman–Crippen MR) is 151 cm³/mol. The van der Waals surface area contributed by atoms with E-state index in [4.69, 9.17) is 9.84 Å². The number of ether oxygens (including phenoxy) is 1. The summed E-state index contributed by atoms with van der Waals surface area (Å²) in [7, 11) is -1.17. The lowest BCUT2D eigenvalue weighted by Crippen LogP contribution is -2.22. The van der Waals surface area contributed by atoms with Crippen LogP contribution in [0.5, 0.6) is 0 Å². The van der Waals surface area contributed by atoms with E-state index in [2.05, 4.69) is 54.2 Å². The number of benzene rings is 2. The van der Waals surface area contributed by atoms with E-state index in [0.29, 0.717) is 6.73 Å². The van der Waals surface area contributed by atoms with Crippen LogP contribution in [0.1, 0.15) is 34.9 Å². The quantitative estimate of drug-likeness (QED) is 0.224. The van der Waals surface area contributed by atoms with Crippen LogP contribution in [0.4, 0.5) is 5.69 Å². The third-order valence-electron chi connectivity index (χ3n) is 7.54. The average molecular weight is 509 g/mol.